The van der Waals surface area contributed by atoms with Crippen LogP contribution in [-0.2, 0) is 11.2 Å². The Bertz CT molecular complexity index is 570. The van der Waals surface area contributed by atoms with Gasteiger partial charge in [-0.1, -0.05) is 31.2 Å². The Morgan fingerprint density at radius 2 is 2.14 bits per heavy atom. The first-order valence-electron chi connectivity index (χ1n) is 8.89. The van der Waals surface area contributed by atoms with Crippen molar-refractivity contribution in [3.63, 3.8) is 0 Å². The molecule has 0 bridgehead atoms. The van der Waals surface area contributed by atoms with Gasteiger partial charge in [0.05, 0.1) is 0 Å². The molecule has 0 saturated carbocycles. The molecule has 0 radical (unpaired) electrons. The van der Waals surface area contributed by atoms with Crippen LogP contribution < -0.4 is 0 Å². The smallest absolute Gasteiger partial charge is 0.222 e. The Morgan fingerprint density at radius 1 is 1.27 bits per heavy atom. The van der Waals surface area contributed by atoms with Crippen LogP contribution in [0.25, 0.3) is 0 Å². The molecule has 0 N–H and O–H groups in total. The van der Waals surface area contributed by atoms with Crippen molar-refractivity contribution in [1.29, 1.82) is 0 Å². The Hall–Kier alpha value is -1.35. The summed E-state index contributed by atoms with van der Waals surface area (Å²) in [4.78, 5) is 17.2. The molecular formula is C19H26N2O. The summed E-state index contributed by atoms with van der Waals surface area (Å²) in [7, 11) is 0. The lowest BCUT2D eigenvalue weighted by Crippen LogP contribution is -2.57. The van der Waals surface area contributed by atoms with Gasteiger partial charge in [-0.15, -0.1) is 0 Å². The van der Waals surface area contributed by atoms with Crippen LogP contribution in [0.15, 0.2) is 24.3 Å². The normalized spacial score (nSPS) is 31.1. The van der Waals surface area contributed by atoms with Gasteiger partial charge in [-0.25, -0.2) is 0 Å². The van der Waals surface area contributed by atoms with E-state index in [1.54, 1.807) is 0 Å². The monoisotopic (exact) mass is 298 g/mol. The maximum Gasteiger partial charge on any atom is 0.222 e. The van der Waals surface area contributed by atoms with E-state index >= 15 is 0 Å². The first-order valence-corrected chi connectivity index (χ1v) is 8.89. The first-order chi connectivity index (χ1) is 10.8. The lowest BCUT2D eigenvalue weighted by atomic mass is 9.76. The number of rotatable bonds is 1. The predicted molar refractivity (Wildman–Crippen MR) is 87.6 cm³/mol. The van der Waals surface area contributed by atoms with E-state index in [0.717, 1.165) is 13.0 Å². The number of nitrogens with zero attached hydrogens (tertiary/aromatic N) is 2. The molecule has 3 heterocycles. The molecule has 3 aliphatic rings. The summed E-state index contributed by atoms with van der Waals surface area (Å²) in [5.74, 6) is 1.04. The van der Waals surface area contributed by atoms with Gasteiger partial charge in [0.25, 0.3) is 0 Å². The summed E-state index contributed by atoms with van der Waals surface area (Å²) in [5, 5.41) is 0. The number of piperidine rings is 2. The highest BCUT2D eigenvalue weighted by Gasteiger charge is 2.43. The first kappa shape index (κ1) is 14.3. The van der Waals surface area contributed by atoms with Crippen LogP contribution >= 0.6 is 0 Å². The third kappa shape index (κ3) is 2.26. The molecule has 2 fully saturated rings. The molecule has 0 spiro atoms. The number of carbonyl (C=O) groups excluding carboxylic acids is 1. The summed E-state index contributed by atoms with van der Waals surface area (Å²) >= 11 is 0. The molecule has 3 unspecified atom stereocenters. The van der Waals surface area contributed by atoms with E-state index in [1.807, 2.05) is 6.92 Å². The molecule has 0 aliphatic carbocycles. The highest BCUT2D eigenvalue weighted by Crippen LogP contribution is 2.42. The number of carbonyl (C=O) groups is 1. The fraction of sp³-hybridized carbons (Fsp3) is 0.632. The summed E-state index contributed by atoms with van der Waals surface area (Å²) in [5.41, 5.74) is 3.04. The van der Waals surface area contributed by atoms with Gasteiger partial charge in [0.15, 0.2) is 0 Å². The van der Waals surface area contributed by atoms with Crippen molar-refractivity contribution in [2.75, 3.05) is 19.6 Å². The third-order valence-corrected chi connectivity index (χ3v) is 6.00. The van der Waals surface area contributed by atoms with Crippen molar-refractivity contribution in [2.45, 2.75) is 51.1 Å². The molecule has 4 rings (SSSR count). The Morgan fingerprint density at radius 3 is 3.00 bits per heavy atom. The molecule has 2 saturated heterocycles. The van der Waals surface area contributed by atoms with Crippen molar-refractivity contribution in [1.82, 2.24) is 9.80 Å². The Kier molecular flexibility index (Phi) is 3.69. The molecule has 3 nitrogen and oxygen atoms in total. The number of benzene rings is 1. The van der Waals surface area contributed by atoms with Crippen LogP contribution in [0, 0.1) is 5.92 Å². The van der Waals surface area contributed by atoms with E-state index in [4.69, 9.17) is 0 Å². The number of hydrogen-bond donors (Lipinski definition) is 0. The minimum absolute atomic E-state index is 0.354. The van der Waals surface area contributed by atoms with Crippen LogP contribution in [0.2, 0.25) is 0 Å². The number of likely N-dealkylation sites (tertiary alicyclic amines) is 1. The van der Waals surface area contributed by atoms with Crippen LogP contribution in [0.4, 0.5) is 0 Å². The van der Waals surface area contributed by atoms with Crippen molar-refractivity contribution < 1.29 is 4.79 Å². The van der Waals surface area contributed by atoms with Gasteiger partial charge in [0, 0.05) is 38.1 Å². The molecule has 3 heteroatoms. The Balaban J connectivity index is 1.63. The quantitative estimate of drug-likeness (QED) is 0.796. The largest absolute Gasteiger partial charge is 0.339 e. The van der Waals surface area contributed by atoms with E-state index in [1.165, 1.54) is 43.5 Å². The van der Waals surface area contributed by atoms with Gasteiger partial charge >= 0.3 is 0 Å². The molecule has 118 valence electrons. The molecule has 3 atom stereocenters. The molecule has 1 aromatic rings. The summed E-state index contributed by atoms with van der Waals surface area (Å²) in [6, 6.07) is 9.92. The minimum atomic E-state index is 0.354. The van der Waals surface area contributed by atoms with Gasteiger partial charge in [0.1, 0.15) is 0 Å². The number of fused-ring (bicyclic) bond motifs is 4. The standard InChI is InChI=1S/C19H26N2O/c1-2-19(22)21-10-5-7-15-13-20-11-9-14-6-3-4-8-16(14)18(20)12-17(15)21/h3-4,6,8,15,17-18H,2,5,7,9-13H2,1H3. The van der Waals surface area contributed by atoms with Gasteiger partial charge in [0.2, 0.25) is 5.91 Å². The highest BCUT2D eigenvalue weighted by molar-refractivity contribution is 5.76. The van der Waals surface area contributed by atoms with E-state index in [0.29, 0.717) is 30.3 Å². The average molecular weight is 298 g/mol. The molecule has 1 amide bonds. The zero-order chi connectivity index (χ0) is 15.1. The van der Waals surface area contributed by atoms with E-state index in [-0.39, 0.29) is 0 Å². The molecular weight excluding hydrogens is 272 g/mol. The predicted octanol–water partition coefficient (Wildman–Crippen LogP) is 3.01. The second-order valence-electron chi connectivity index (χ2n) is 7.11. The van der Waals surface area contributed by atoms with Gasteiger partial charge in [-0.3, -0.25) is 9.69 Å². The minimum Gasteiger partial charge on any atom is -0.339 e. The molecule has 1 aromatic carbocycles. The topological polar surface area (TPSA) is 23.6 Å². The van der Waals surface area contributed by atoms with E-state index in [9.17, 15) is 4.79 Å². The maximum atomic E-state index is 12.3. The lowest BCUT2D eigenvalue weighted by Gasteiger charge is -2.52. The third-order valence-electron chi connectivity index (χ3n) is 6.00. The van der Waals surface area contributed by atoms with E-state index in [2.05, 4.69) is 34.1 Å². The molecule has 0 aromatic heterocycles. The van der Waals surface area contributed by atoms with E-state index < -0.39 is 0 Å². The highest BCUT2D eigenvalue weighted by atomic mass is 16.2. The van der Waals surface area contributed by atoms with Crippen molar-refractivity contribution in [3.05, 3.63) is 35.4 Å². The van der Waals surface area contributed by atoms with Gasteiger partial charge in [-0.2, -0.15) is 0 Å². The summed E-state index contributed by atoms with van der Waals surface area (Å²) in [6.07, 6.45) is 5.44. The zero-order valence-corrected chi connectivity index (χ0v) is 13.5. The van der Waals surface area contributed by atoms with Gasteiger partial charge < -0.3 is 4.90 Å². The lowest BCUT2D eigenvalue weighted by molar-refractivity contribution is -0.139. The van der Waals surface area contributed by atoms with Gasteiger partial charge in [-0.05, 0) is 42.7 Å². The zero-order valence-electron chi connectivity index (χ0n) is 13.5. The SMILES string of the molecule is CCC(=O)N1CCCC2CN3CCc4ccccc4C3CC21. The summed E-state index contributed by atoms with van der Waals surface area (Å²) < 4.78 is 0. The van der Waals surface area contributed by atoms with Crippen LogP contribution in [0.3, 0.4) is 0 Å². The Labute approximate surface area is 133 Å². The second kappa shape index (κ2) is 5.69. The van der Waals surface area contributed by atoms with Crippen molar-refractivity contribution in [3.8, 4) is 0 Å². The fourth-order valence-electron chi connectivity index (χ4n) is 4.91. The van der Waals surface area contributed by atoms with Crippen molar-refractivity contribution >= 4 is 5.91 Å². The molecule has 3 aliphatic heterocycles. The average Bonchev–Trinajstić information content (AvgIpc) is 2.58. The van der Waals surface area contributed by atoms with Crippen LogP contribution in [0.1, 0.15) is 49.8 Å². The summed E-state index contributed by atoms with van der Waals surface area (Å²) in [6.45, 7) is 5.34. The second-order valence-corrected chi connectivity index (χ2v) is 7.11. The number of hydrogen-bond acceptors (Lipinski definition) is 2. The fourth-order valence-corrected chi connectivity index (χ4v) is 4.91. The van der Waals surface area contributed by atoms with Crippen LogP contribution in [0.5, 0.6) is 0 Å². The number of amides is 1. The maximum absolute atomic E-state index is 12.3. The van der Waals surface area contributed by atoms with Crippen molar-refractivity contribution in [2.24, 2.45) is 5.92 Å². The van der Waals surface area contributed by atoms with Crippen LogP contribution in [-0.4, -0.2) is 41.4 Å². The molecule has 22 heavy (non-hydrogen) atoms.